The highest BCUT2D eigenvalue weighted by molar-refractivity contribution is 7.14. The fraction of sp³-hybridized carbons (Fsp3) is 0.500. The largest absolute Gasteiger partial charge is 0.458 e. The minimum absolute atomic E-state index is 0. The van der Waals surface area contributed by atoms with Gasteiger partial charge in [-0.1, -0.05) is 0 Å². The fourth-order valence-electron chi connectivity index (χ4n) is 4.18. The Kier molecular flexibility index (Phi) is 5.88. The summed E-state index contributed by atoms with van der Waals surface area (Å²) in [7, 11) is 0. The summed E-state index contributed by atoms with van der Waals surface area (Å²) in [6.07, 6.45) is 3.32. The first-order chi connectivity index (χ1) is 12.5. The van der Waals surface area contributed by atoms with Crippen LogP contribution in [0.15, 0.2) is 21.9 Å². The third-order valence-corrected chi connectivity index (χ3v) is 6.20. The van der Waals surface area contributed by atoms with E-state index < -0.39 is 0 Å². The molecule has 0 saturated heterocycles. The van der Waals surface area contributed by atoms with Crippen LogP contribution in [0.3, 0.4) is 0 Å². The van der Waals surface area contributed by atoms with Gasteiger partial charge in [-0.15, -0.1) is 23.7 Å². The van der Waals surface area contributed by atoms with Crippen molar-refractivity contribution in [3.05, 3.63) is 23.3 Å². The number of anilines is 1. The van der Waals surface area contributed by atoms with Crippen molar-refractivity contribution in [2.75, 3.05) is 5.32 Å². The Balaban J connectivity index is 0.00000210. The number of nitrogens with zero attached hydrogens (tertiary/aromatic N) is 1. The van der Waals surface area contributed by atoms with Crippen molar-refractivity contribution in [3.63, 3.8) is 0 Å². The van der Waals surface area contributed by atoms with Gasteiger partial charge in [0.15, 0.2) is 10.9 Å². The summed E-state index contributed by atoms with van der Waals surface area (Å²) in [6, 6.07) is 3.58. The van der Waals surface area contributed by atoms with Gasteiger partial charge in [0.2, 0.25) is 11.8 Å². The van der Waals surface area contributed by atoms with E-state index in [4.69, 9.17) is 10.2 Å². The first-order valence-electron chi connectivity index (χ1n) is 8.87. The standard InChI is InChI=1S/C18H22N4O3S.ClH/c1-9(23)20-7-12-4-5-14(25-12)13-8-26-18(21-13)22-17(24)15-10-2-3-11(6-10)16(15)19;/h4-5,8,10-11,15-16H,2-3,6-7,19H2,1H3,(H,20,23)(H,21,22,24);1H. The van der Waals surface area contributed by atoms with E-state index in [1.54, 1.807) is 6.07 Å². The van der Waals surface area contributed by atoms with Crippen molar-refractivity contribution in [2.24, 2.45) is 23.5 Å². The second-order valence-electron chi connectivity index (χ2n) is 7.14. The minimum atomic E-state index is -0.111. The summed E-state index contributed by atoms with van der Waals surface area (Å²) in [5.74, 6) is 1.94. The number of fused-ring (bicyclic) bond motifs is 2. The van der Waals surface area contributed by atoms with Gasteiger partial charge in [-0.05, 0) is 43.2 Å². The lowest BCUT2D eigenvalue weighted by Gasteiger charge is -2.26. The molecule has 2 aromatic heterocycles. The minimum Gasteiger partial charge on any atom is -0.458 e. The van der Waals surface area contributed by atoms with Gasteiger partial charge in [0.05, 0.1) is 12.5 Å². The number of furan rings is 1. The molecule has 7 nitrogen and oxygen atoms in total. The number of halogens is 1. The van der Waals surface area contributed by atoms with Crippen LogP contribution in [0.1, 0.15) is 31.9 Å². The molecule has 2 bridgehead atoms. The molecule has 0 radical (unpaired) electrons. The Labute approximate surface area is 167 Å². The summed E-state index contributed by atoms with van der Waals surface area (Å²) >= 11 is 1.37. The number of aromatic nitrogens is 1. The zero-order chi connectivity index (χ0) is 18.3. The molecule has 2 amide bonds. The maximum atomic E-state index is 12.6. The number of hydrogen-bond acceptors (Lipinski definition) is 6. The van der Waals surface area contributed by atoms with E-state index in [1.165, 1.54) is 18.3 Å². The molecular weight excluding hydrogens is 388 g/mol. The Morgan fingerprint density at radius 3 is 2.81 bits per heavy atom. The molecule has 4 atom stereocenters. The first-order valence-corrected chi connectivity index (χ1v) is 9.74. The number of hydrogen-bond donors (Lipinski definition) is 3. The third kappa shape index (κ3) is 4.02. The van der Waals surface area contributed by atoms with Crippen molar-refractivity contribution >= 4 is 40.7 Å². The number of rotatable bonds is 5. The molecule has 2 aromatic rings. The number of carbonyl (C=O) groups is 2. The first kappa shape index (κ1) is 19.9. The summed E-state index contributed by atoms with van der Waals surface area (Å²) in [4.78, 5) is 28.0. The summed E-state index contributed by atoms with van der Waals surface area (Å²) in [5, 5.41) is 8.01. The zero-order valence-corrected chi connectivity index (χ0v) is 16.6. The number of amides is 2. The summed E-state index contributed by atoms with van der Waals surface area (Å²) in [6.45, 7) is 1.80. The molecule has 27 heavy (non-hydrogen) atoms. The molecule has 146 valence electrons. The van der Waals surface area contributed by atoms with Crippen LogP contribution in [-0.4, -0.2) is 22.8 Å². The molecule has 4 unspecified atom stereocenters. The lowest BCUT2D eigenvalue weighted by Crippen LogP contribution is -2.42. The Morgan fingerprint density at radius 1 is 1.33 bits per heavy atom. The van der Waals surface area contributed by atoms with Crippen molar-refractivity contribution in [1.29, 1.82) is 0 Å². The van der Waals surface area contributed by atoms with Crippen molar-refractivity contribution in [1.82, 2.24) is 10.3 Å². The Morgan fingerprint density at radius 2 is 2.11 bits per heavy atom. The van der Waals surface area contributed by atoms with Crippen LogP contribution < -0.4 is 16.4 Å². The normalized spacial score (nSPS) is 25.9. The smallest absolute Gasteiger partial charge is 0.231 e. The molecule has 2 aliphatic rings. The van der Waals surface area contributed by atoms with E-state index in [-0.39, 0.29) is 36.2 Å². The van der Waals surface area contributed by atoms with Crippen LogP contribution in [0.4, 0.5) is 5.13 Å². The van der Waals surface area contributed by atoms with E-state index in [1.807, 2.05) is 11.4 Å². The average molecular weight is 411 g/mol. The van der Waals surface area contributed by atoms with Gasteiger partial charge >= 0.3 is 0 Å². The van der Waals surface area contributed by atoms with E-state index in [2.05, 4.69) is 15.6 Å². The molecular formula is C18H23ClN4O3S. The number of thiazole rings is 1. The second kappa shape index (κ2) is 8.00. The van der Waals surface area contributed by atoms with Gasteiger partial charge in [-0.2, -0.15) is 0 Å². The summed E-state index contributed by atoms with van der Waals surface area (Å²) < 4.78 is 5.69. The SMILES string of the molecule is CC(=O)NCc1ccc(-c2csc(NC(=O)C3C4CCC(C4)C3N)n2)o1.Cl. The topological polar surface area (TPSA) is 110 Å². The molecule has 2 aliphatic carbocycles. The maximum Gasteiger partial charge on any atom is 0.231 e. The van der Waals surface area contributed by atoms with Crippen LogP contribution in [0.2, 0.25) is 0 Å². The highest BCUT2D eigenvalue weighted by Gasteiger charge is 2.49. The molecule has 0 aliphatic heterocycles. The highest BCUT2D eigenvalue weighted by atomic mass is 35.5. The summed E-state index contributed by atoms with van der Waals surface area (Å²) in [5.41, 5.74) is 6.91. The van der Waals surface area contributed by atoms with Gasteiger partial charge in [0.25, 0.3) is 0 Å². The molecule has 4 rings (SSSR count). The maximum absolute atomic E-state index is 12.6. The Bertz CT molecular complexity index is 834. The van der Waals surface area contributed by atoms with E-state index in [9.17, 15) is 9.59 Å². The van der Waals surface area contributed by atoms with E-state index in [0.29, 0.717) is 40.7 Å². The van der Waals surface area contributed by atoms with Gasteiger partial charge in [0.1, 0.15) is 11.5 Å². The van der Waals surface area contributed by atoms with Gasteiger partial charge in [-0.3, -0.25) is 9.59 Å². The Hall–Kier alpha value is -1.90. The van der Waals surface area contributed by atoms with Crippen LogP contribution >= 0.6 is 23.7 Å². The number of nitrogens with two attached hydrogens (primary N) is 1. The van der Waals surface area contributed by atoms with Crippen LogP contribution in [0, 0.1) is 17.8 Å². The quantitative estimate of drug-likeness (QED) is 0.701. The van der Waals surface area contributed by atoms with Gasteiger partial charge < -0.3 is 20.8 Å². The van der Waals surface area contributed by atoms with Crippen LogP contribution in [0.25, 0.3) is 11.5 Å². The molecule has 2 heterocycles. The molecule has 4 N–H and O–H groups in total. The van der Waals surface area contributed by atoms with E-state index >= 15 is 0 Å². The second-order valence-corrected chi connectivity index (χ2v) is 8.00. The third-order valence-electron chi connectivity index (χ3n) is 5.44. The van der Waals surface area contributed by atoms with Gasteiger partial charge in [0, 0.05) is 18.3 Å². The lowest BCUT2D eigenvalue weighted by molar-refractivity contribution is -0.122. The van der Waals surface area contributed by atoms with Crippen molar-refractivity contribution < 1.29 is 14.0 Å². The molecule has 2 saturated carbocycles. The zero-order valence-electron chi connectivity index (χ0n) is 14.9. The number of carbonyl (C=O) groups excluding carboxylic acids is 2. The highest BCUT2D eigenvalue weighted by Crippen LogP contribution is 2.48. The van der Waals surface area contributed by atoms with Crippen molar-refractivity contribution in [3.8, 4) is 11.5 Å². The van der Waals surface area contributed by atoms with E-state index in [0.717, 1.165) is 19.3 Å². The molecule has 0 aromatic carbocycles. The number of nitrogens with one attached hydrogen (secondary N) is 2. The predicted molar refractivity (Wildman–Crippen MR) is 106 cm³/mol. The van der Waals surface area contributed by atoms with Gasteiger partial charge in [-0.25, -0.2) is 4.98 Å². The fourth-order valence-corrected chi connectivity index (χ4v) is 4.88. The molecule has 9 heteroatoms. The lowest BCUT2D eigenvalue weighted by atomic mass is 9.84. The molecule has 0 spiro atoms. The predicted octanol–water partition coefficient (Wildman–Crippen LogP) is 2.77. The van der Waals surface area contributed by atoms with Crippen molar-refractivity contribution in [2.45, 2.75) is 38.8 Å². The van der Waals surface area contributed by atoms with Crippen LogP contribution in [-0.2, 0) is 16.1 Å². The average Bonchev–Trinajstić information content (AvgIpc) is 3.36. The van der Waals surface area contributed by atoms with Crippen LogP contribution in [0.5, 0.6) is 0 Å². The molecule has 2 fully saturated rings. The monoisotopic (exact) mass is 410 g/mol.